The van der Waals surface area contributed by atoms with Gasteiger partial charge in [-0.3, -0.25) is 14.4 Å². The summed E-state index contributed by atoms with van der Waals surface area (Å²) in [5.74, 6) is 1.75. The Morgan fingerprint density at radius 2 is 1.94 bits per heavy atom. The number of pyridine rings is 2. The maximum Gasteiger partial charge on any atom is 0.203 e. The number of imidazole rings is 1. The number of fused-ring (bicyclic) bond motifs is 2. The highest BCUT2D eigenvalue weighted by Gasteiger charge is 2.18. The summed E-state index contributed by atoms with van der Waals surface area (Å²) >= 11 is 0. The predicted octanol–water partition coefficient (Wildman–Crippen LogP) is 2.83. The van der Waals surface area contributed by atoms with Crippen LogP contribution in [0.25, 0.3) is 28.2 Å². The molecule has 0 spiro atoms. The van der Waals surface area contributed by atoms with Gasteiger partial charge < -0.3 is 15.0 Å². The van der Waals surface area contributed by atoms with Crippen molar-refractivity contribution >= 4 is 22.5 Å². The zero-order valence-electron chi connectivity index (χ0n) is 18.5. The lowest BCUT2D eigenvalue weighted by Crippen LogP contribution is -2.06. The number of methoxy groups -OCH3 is 1. The number of rotatable bonds is 4. The lowest BCUT2D eigenvalue weighted by molar-refractivity contribution is 0.215. The van der Waals surface area contributed by atoms with E-state index in [2.05, 4.69) is 34.5 Å². The monoisotopic (exact) mass is 431 g/mol. The van der Waals surface area contributed by atoms with Gasteiger partial charge in [0.2, 0.25) is 5.65 Å². The number of hydrogen-bond acceptors (Lipinski definition) is 8. The largest absolute Gasteiger partial charge is 0.385 e. The molecule has 0 bridgehead atoms. The van der Waals surface area contributed by atoms with Crippen molar-refractivity contribution in [3.05, 3.63) is 60.1 Å². The summed E-state index contributed by atoms with van der Waals surface area (Å²) in [6.07, 6.45) is 7.25. The van der Waals surface area contributed by atoms with Gasteiger partial charge in [-0.05, 0) is 38.5 Å². The fourth-order valence-electron chi connectivity index (χ4n) is 3.30. The number of anilines is 1. The second-order valence-electron chi connectivity index (χ2n) is 7.23. The molecule has 0 aliphatic heterocycles. The van der Waals surface area contributed by atoms with Gasteiger partial charge in [0.15, 0.2) is 11.6 Å². The van der Waals surface area contributed by atoms with Crippen LogP contribution in [0.2, 0.25) is 0 Å². The lowest BCUT2D eigenvalue weighted by Gasteiger charge is -2.10. The van der Waals surface area contributed by atoms with Gasteiger partial charge in [0.05, 0.1) is 18.3 Å². The van der Waals surface area contributed by atoms with Gasteiger partial charge in [-0.1, -0.05) is 6.07 Å². The molecule has 10 nitrogen and oxygen atoms in total. The first kappa shape index (κ1) is 21.3. The molecule has 10 heteroatoms. The van der Waals surface area contributed by atoms with E-state index in [4.69, 9.17) is 10.7 Å². The van der Waals surface area contributed by atoms with E-state index in [9.17, 15) is 0 Å². The maximum absolute atomic E-state index is 6.13. The number of aryl methyl sites for hydroxylation is 2. The number of nitrogens with two attached hydrogens (primary N) is 1. The molecule has 0 aliphatic rings. The predicted molar refractivity (Wildman–Crippen MR) is 122 cm³/mol. The first-order chi connectivity index (χ1) is 15.5. The Kier molecular flexibility index (Phi) is 6.04. The standard InChI is InChI=1S/C19H17N9.C3H8O/c1-11-6-16-14(8-22-11)24-18(28(16)9-13-4-3-5-21-7-13)15-10-27-12(2)25-26-19(27)17(20)23-15;1-3-4-2/h3-8,10H,9H2,1-2H3,(H2,20,23);3H2,1-2H3. The van der Waals surface area contributed by atoms with Crippen molar-refractivity contribution in [2.24, 2.45) is 0 Å². The molecule has 5 rings (SSSR count). The van der Waals surface area contributed by atoms with Crippen molar-refractivity contribution in [2.45, 2.75) is 27.3 Å². The van der Waals surface area contributed by atoms with Crippen LogP contribution < -0.4 is 5.73 Å². The van der Waals surface area contributed by atoms with E-state index in [1.807, 2.05) is 55.8 Å². The molecule has 5 aromatic heterocycles. The molecular weight excluding hydrogens is 406 g/mol. The lowest BCUT2D eigenvalue weighted by atomic mass is 10.2. The van der Waals surface area contributed by atoms with Crippen molar-refractivity contribution in [1.29, 1.82) is 0 Å². The van der Waals surface area contributed by atoms with Gasteiger partial charge in [0.25, 0.3) is 0 Å². The van der Waals surface area contributed by atoms with Crippen LogP contribution in [0.4, 0.5) is 5.82 Å². The number of nitrogens with zero attached hydrogens (tertiary/aromatic N) is 8. The highest BCUT2D eigenvalue weighted by Crippen LogP contribution is 2.26. The number of hydrogen-bond donors (Lipinski definition) is 1. The minimum atomic E-state index is 0.312. The third-order valence-electron chi connectivity index (χ3n) is 4.94. The van der Waals surface area contributed by atoms with Crippen molar-refractivity contribution in [3.8, 4) is 11.5 Å². The molecule has 0 saturated heterocycles. The Bertz CT molecular complexity index is 1360. The third-order valence-corrected chi connectivity index (χ3v) is 4.94. The van der Waals surface area contributed by atoms with Crippen LogP contribution in [0.1, 0.15) is 24.0 Å². The molecule has 0 saturated carbocycles. The van der Waals surface area contributed by atoms with Crippen molar-refractivity contribution in [3.63, 3.8) is 0 Å². The maximum atomic E-state index is 6.13. The van der Waals surface area contributed by atoms with Crippen LogP contribution in [0.3, 0.4) is 0 Å². The van der Waals surface area contributed by atoms with E-state index in [1.165, 1.54) is 0 Å². The summed E-state index contributed by atoms with van der Waals surface area (Å²) in [6, 6.07) is 5.98. The molecule has 0 unspecified atom stereocenters. The van der Waals surface area contributed by atoms with Gasteiger partial charge in [-0.25, -0.2) is 9.97 Å². The number of nitrogen functional groups attached to an aromatic ring is 1. The van der Waals surface area contributed by atoms with E-state index in [-0.39, 0.29) is 0 Å². The van der Waals surface area contributed by atoms with Crippen LogP contribution in [0.5, 0.6) is 0 Å². The first-order valence-corrected chi connectivity index (χ1v) is 10.2. The minimum Gasteiger partial charge on any atom is -0.385 e. The fraction of sp³-hybridized carbons (Fsp3) is 0.273. The van der Waals surface area contributed by atoms with Gasteiger partial charge in [-0.2, -0.15) is 0 Å². The van der Waals surface area contributed by atoms with Crippen LogP contribution in [-0.4, -0.2) is 52.8 Å². The van der Waals surface area contributed by atoms with E-state index in [0.717, 1.165) is 34.7 Å². The third kappa shape index (κ3) is 4.12. The van der Waals surface area contributed by atoms with E-state index in [0.29, 0.717) is 29.5 Å². The minimum absolute atomic E-state index is 0.312. The van der Waals surface area contributed by atoms with E-state index < -0.39 is 0 Å². The quantitative estimate of drug-likeness (QED) is 0.461. The van der Waals surface area contributed by atoms with Crippen LogP contribution in [-0.2, 0) is 11.3 Å². The second-order valence-corrected chi connectivity index (χ2v) is 7.23. The summed E-state index contributed by atoms with van der Waals surface area (Å²) in [4.78, 5) is 17.9. The topological polar surface area (TPSA) is 122 Å². The first-order valence-electron chi connectivity index (χ1n) is 10.2. The smallest absolute Gasteiger partial charge is 0.203 e. The Morgan fingerprint density at radius 3 is 2.66 bits per heavy atom. The second kappa shape index (κ2) is 9.06. The Labute approximate surface area is 185 Å². The molecule has 5 heterocycles. The molecule has 0 aliphatic carbocycles. The van der Waals surface area contributed by atoms with Crippen molar-refractivity contribution in [1.82, 2.24) is 39.1 Å². The molecule has 32 heavy (non-hydrogen) atoms. The van der Waals surface area contributed by atoms with Gasteiger partial charge in [-0.15, -0.1) is 10.2 Å². The van der Waals surface area contributed by atoms with Crippen LogP contribution in [0.15, 0.2) is 43.0 Å². The van der Waals surface area contributed by atoms with E-state index in [1.54, 1.807) is 19.5 Å². The van der Waals surface area contributed by atoms with Crippen LogP contribution >= 0.6 is 0 Å². The summed E-state index contributed by atoms with van der Waals surface area (Å²) < 4.78 is 8.48. The summed E-state index contributed by atoms with van der Waals surface area (Å²) in [7, 11) is 1.68. The fourth-order valence-corrected chi connectivity index (χ4v) is 3.30. The van der Waals surface area contributed by atoms with Crippen molar-refractivity contribution < 1.29 is 4.74 Å². The SMILES string of the molecule is CCOC.Cc1cc2c(cn1)nc(-c1cn3c(C)nnc3c(N)n1)n2Cc1cccnc1. The zero-order chi connectivity index (χ0) is 22.7. The van der Waals surface area contributed by atoms with Crippen LogP contribution in [0, 0.1) is 13.8 Å². The molecule has 0 amide bonds. The average molecular weight is 432 g/mol. The van der Waals surface area contributed by atoms with E-state index >= 15 is 0 Å². The molecule has 2 N–H and O–H groups in total. The highest BCUT2D eigenvalue weighted by molar-refractivity contribution is 5.80. The molecule has 0 atom stereocenters. The Morgan fingerprint density at radius 1 is 1.12 bits per heavy atom. The van der Waals surface area contributed by atoms with Gasteiger partial charge in [0.1, 0.15) is 17.0 Å². The molecule has 0 aromatic carbocycles. The highest BCUT2D eigenvalue weighted by atomic mass is 16.5. The average Bonchev–Trinajstić information content (AvgIpc) is 3.35. The zero-order valence-corrected chi connectivity index (χ0v) is 18.5. The normalized spacial score (nSPS) is 11.0. The summed E-state index contributed by atoms with van der Waals surface area (Å²) in [5, 5.41) is 8.16. The van der Waals surface area contributed by atoms with Crippen molar-refractivity contribution in [2.75, 3.05) is 19.5 Å². The van der Waals surface area contributed by atoms with Gasteiger partial charge >= 0.3 is 0 Å². The molecule has 0 fully saturated rings. The molecule has 164 valence electrons. The number of ether oxygens (including phenoxy) is 1. The summed E-state index contributed by atoms with van der Waals surface area (Å²) in [6.45, 7) is 7.21. The molecule has 0 radical (unpaired) electrons. The number of aromatic nitrogens is 8. The Hall–Kier alpha value is -3.92. The Balaban J connectivity index is 0.000000567. The molecular formula is C22H25N9O. The summed E-state index contributed by atoms with van der Waals surface area (Å²) in [5.41, 5.74) is 11.1. The van der Waals surface area contributed by atoms with Gasteiger partial charge in [0, 0.05) is 38.0 Å². The molecule has 5 aromatic rings.